The molecule has 0 aromatic heterocycles. The van der Waals surface area contributed by atoms with Crippen molar-refractivity contribution in [2.24, 2.45) is 17.8 Å². The average molecular weight is 872 g/mol. The van der Waals surface area contributed by atoms with E-state index in [4.69, 9.17) is 9.47 Å². The second-order valence-electron chi connectivity index (χ2n) is 19.9. The van der Waals surface area contributed by atoms with E-state index in [0.29, 0.717) is 26.1 Å². The van der Waals surface area contributed by atoms with Crippen LogP contribution < -0.4 is 0 Å². The lowest BCUT2D eigenvalue weighted by Gasteiger charge is -2.24. The maximum Gasteiger partial charge on any atom is 0.305 e. The summed E-state index contributed by atoms with van der Waals surface area (Å²) in [6.07, 6.45) is 61.5. The van der Waals surface area contributed by atoms with Crippen LogP contribution in [0.2, 0.25) is 0 Å². The van der Waals surface area contributed by atoms with Crippen molar-refractivity contribution in [2.75, 3.05) is 13.2 Å². The van der Waals surface area contributed by atoms with Crippen LogP contribution in [0.25, 0.3) is 0 Å². The van der Waals surface area contributed by atoms with Crippen LogP contribution in [0.5, 0.6) is 0 Å². The normalized spacial score (nSPS) is 12.9. The first-order valence-electron chi connectivity index (χ1n) is 28.0. The highest BCUT2D eigenvalue weighted by Crippen LogP contribution is 2.29. The molecule has 2 atom stereocenters. The van der Waals surface area contributed by atoms with Crippen LogP contribution in [0.1, 0.15) is 304 Å². The Morgan fingerprint density at radius 3 is 1.05 bits per heavy atom. The largest absolute Gasteiger partial charge is 0.466 e. The van der Waals surface area contributed by atoms with Gasteiger partial charge in [-0.2, -0.15) is 0 Å². The van der Waals surface area contributed by atoms with E-state index in [1.165, 1.54) is 218 Å². The summed E-state index contributed by atoms with van der Waals surface area (Å²) in [4.78, 5) is 24.3. The Balaban J connectivity index is 3.58. The van der Waals surface area contributed by atoms with Gasteiger partial charge in [-0.05, 0) is 101 Å². The Hall–Kier alpha value is -1.58. The third kappa shape index (κ3) is 47.9. The molecule has 0 amide bonds. The molecule has 0 aliphatic carbocycles. The molecular weight excluding hydrogens is 761 g/mol. The summed E-state index contributed by atoms with van der Waals surface area (Å²) in [6, 6.07) is 0. The van der Waals surface area contributed by atoms with Crippen molar-refractivity contribution in [3.05, 3.63) is 24.3 Å². The first-order chi connectivity index (χ1) is 30.4. The van der Waals surface area contributed by atoms with Crippen molar-refractivity contribution >= 4 is 11.9 Å². The molecule has 0 aliphatic heterocycles. The van der Waals surface area contributed by atoms with Gasteiger partial charge in [0.25, 0.3) is 0 Å². The number of allylic oxidation sites excluding steroid dienone is 4. The van der Waals surface area contributed by atoms with E-state index in [2.05, 4.69) is 58.9 Å². The number of ether oxygens (including phenoxy) is 2. The van der Waals surface area contributed by atoms with Gasteiger partial charge < -0.3 is 9.47 Å². The van der Waals surface area contributed by atoms with Crippen LogP contribution in [-0.2, 0) is 19.1 Å². The highest BCUT2D eigenvalue weighted by atomic mass is 16.5. The zero-order valence-electron chi connectivity index (χ0n) is 42.8. The molecule has 2 unspecified atom stereocenters. The summed E-state index contributed by atoms with van der Waals surface area (Å²) >= 11 is 0. The third-order valence-electron chi connectivity index (χ3n) is 13.3. The number of carbonyl (C=O) groups excluding carboxylic acids is 2. The van der Waals surface area contributed by atoms with Gasteiger partial charge in [0.15, 0.2) is 0 Å². The molecule has 4 heteroatoms. The van der Waals surface area contributed by atoms with E-state index in [9.17, 15) is 9.59 Å². The topological polar surface area (TPSA) is 52.6 Å². The van der Waals surface area contributed by atoms with Crippen LogP contribution in [0.15, 0.2) is 24.3 Å². The number of hydrogen-bond acceptors (Lipinski definition) is 4. The molecule has 0 N–H and O–H groups in total. The third-order valence-corrected chi connectivity index (χ3v) is 13.3. The molecule has 0 fully saturated rings. The second kappa shape index (κ2) is 50.4. The quantitative estimate of drug-likeness (QED) is 0.0347. The lowest BCUT2D eigenvalue weighted by atomic mass is 9.82. The van der Waals surface area contributed by atoms with Gasteiger partial charge in [-0.15, -0.1) is 0 Å². The van der Waals surface area contributed by atoms with Crippen LogP contribution >= 0.6 is 0 Å². The minimum absolute atomic E-state index is 0.00479. The average Bonchev–Trinajstić information content (AvgIpc) is 3.26. The Bertz CT molecular complexity index is 968. The molecule has 0 spiro atoms. The molecule has 4 nitrogen and oxygen atoms in total. The minimum atomic E-state index is 0.00479. The van der Waals surface area contributed by atoms with Gasteiger partial charge in [-0.3, -0.25) is 9.59 Å². The second-order valence-corrected chi connectivity index (χ2v) is 19.9. The fraction of sp³-hybridized carbons (Fsp3) is 0.897. The number of carbonyl (C=O) groups is 2. The fourth-order valence-electron chi connectivity index (χ4n) is 8.90. The Morgan fingerprint density at radius 2 is 0.677 bits per heavy atom. The van der Waals surface area contributed by atoms with Crippen molar-refractivity contribution < 1.29 is 19.1 Å². The first kappa shape index (κ1) is 60.4. The highest BCUT2D eigenvalue weighted by Gasteiger charge is 2.16. The highest BCUT2D eigenvalue weighted by molar-refractivity contribution is 5.69. The predicted octanol–water partition coefficient (Wildman–Crippen LogP) is 19.5. The summed E-state index contributed by atoms with van der Waals surface area (Å²) in [5.74, 6) is 2.41. The number of rotatable bonds is 50. The monoisotopic (exact) mass is 871 g/mol. The molecule has 0 bridgehead atoms. The Labute approximate surface area is 389 Å². The summed E-state index contributed by atoms with van der Waals surface area (Å²) in [5, 5.41) is 0. The SMILES string of the molecule is CCCCCCCC/C=C\CCCCCCCC(=O)OCCCCCCCCC(C)CC(CCCCCCCOC(=O)CCCCCCC/C=C\CCCCCCCC)C(C)C. The van der Waals surface area contributed by atoms with Crippen molar-refractivity contribution in [1.82, 2.24) is 0 Å². The van der Waals surface area contributed by atoms with Crippen molar-refractivity contribution in [3.8, 4) is 0 Å². The summed E-state index contributed by atoms with van der Waals surface area (Å²) < 4.78 is 11.0. The number of unbranched alkanes of at least 4 members (excludes halogenated alkanes) is 31. The first-order valence-corrected chi connectivity index (χ1v) is 28.0. The van der Waals surface area contributed by atoms with Gasteiger partial charge in [0.1, 0.15) is 0 Å². The van der Waals surface area contributed by atoms with E-state index in [1.54, 1.807) is 0 Å². The lowest BCUT2D eigenvalue weighted by Crippen LogP contribution is -2.13. The molecule has 0 radical (unpaired) electrons. The maximum absolute atomic E-state index is 12.1. The lowest BCUT2D eigenvalue weighted by molar-refractivity contribution is -0.144. The summed E-state index contributed by atoms with van der Waals surface area (Å²) in [7, 11) is 0. The molecule has 62 heavy (non-hydrogen) atoms. The van der Waals surface area contributed by atoms with Gasteiger partial charge >= 0.3 is 11.9 Å². The van der Waals surface area contributed by atoms with Crippen molar-refractivity contribution in [2.45, 2.75) is 304 Å². The van der Waals surface area contributed by atoms with E-state index in [-0.39, 0.29) is 11.9 Å². The predicted molar refractivity (Wildman–Crippen MR) is 273 cm³/mol. The van der Waals surface area contributed by atoms with Gasteiger partial charge in [-0.25, -0.2) is 0 Å². The smallest absolute Gasteiger partial charge is 0.305 e. The van der Waals surface area contributed by atoms with Gasteiger partial charge in [0, 0.05) is 12.8 Å². The van der Waals surface area contributed by atoms with Gasteiger partial charge in [0.2, 0.25) is 0 Å². The van der Waals surface area contributed by atoms with E-state index in [0.717, 1.165) is 56.3 Å². The molecule has 0 aliphatic rings. The van der Waals surface area contributed by atoms with Crippen LogP contribution in [0.4, 0.5) is 0 Å². The standard InChI is InChI=1S/C58H110O4/c1-6-8-10-12-14-16-18-20-22-24-26-28-30-37-43-49-57(59)61-51-45-39-33-32-35-41-47-55(5)53-56(54(3)4)48-42-36-34-40-46-52-62-58(60)50-44-38-31-29-27-25-23-21-19-17-15-13-11-9-7-2/h20-23,54-56H,6-19,24-53H2,1-5H3/b22-20-,23-21-. The molecule has 0 saturated carbocycles. The van der Waals surface area contributed by atoms with E-state index in [1.807, 2.05) is 0 Å². The molecule has 0 aromatic rings. The van der Waals surface area contributed by atoms with E-state index >= 15 is 0 Å². The van der Waals surface area contributed by atoms with Crippen molar-refractivity contribution in [1.29, 1.82) is 0 Å². The Morgan fingerprint density at radius 1 is 0.371 bits per heavy atom. The zero-order valence-corrected chi connectivity index (χ0v) is 42.8. The van der Waals surface area contributed by atoms with Crippen LogP contribution in [0.3, 0.4) is 0 Å². The van der Waals surface area contributed by atoms with Crippen LogP contribution in [0, 0.1) is 17.8 Å². The zero-order chi connectivity index (χ0) is 45.2. The van der Waals surface area contributed by atoms with E-state index < -0.39 is 0 Å². The maximum atomic E-state index is 12.1. The molecule has 0 heterocycles. The number of hydrogen-bond donors (Lipinski definition) is 0. The summed E-state index contributed by atoms with van der Waals surface area (Å²) in [5.41, 5.74) is 0. The van der Waals surface area contributed by atoms with Crippen LogP contribution in [-0.4, -0.2) is 25.2 Å². The molecular formula is C58H110O4. The summed E-state index contributed by atoms with van der Waals surface area (Å²) in [6.45, 7) is 13.1. The number of esters is 2. The van der Waals surface area contributed by atoms with Crippen molar-refractivity contribution in [3.63, 3.8) is 0 Å². The molecule has 0 rings (SSSR count). The molecule has 366 valence electrons. The molecule has 0 aromatic carbocycles. The van der Waals surface area contributed by atoms with Gasteiger partial charge in [-0.1, -0.05) is 232 Å². The van der Waals surface area contributed by atoms with Gasteiger partial charge in [0.05, 0.1) is 13.2 Å². The fourth-order valence-corrected chi connectivity index (χ4v) is 8.90. The Kier molecular flexibility index (Phi) is 49.1. The molecule has 0 saturated heterocycles. The minimum Gasteiger partial charge on any atom is -0.466 e.